The average molecular weight is 534 g/mol. The Morgan fingerprint density at radius 3 is 2.89 bits per heavy atom. The topological polar surface area (TPSA) is 135 Å². The minimum absolute atomic E-state index is 0.0437. The van der Waals surface area contributed by atoms with Crippen LogP contribution in [0.25, 0.3) is 22.5 Å². The number of nitrogens with one attached hydrogen (secondary N) is 2. The smallest absolute Gasteiger partial charge is 0.247 e. The molecule has 2 aliphatic heterocycles. The lowest BCUT2D eigenvalue weighted by molar-refractivity contribution is -0.129. The van der Waals surface area contributed by atoms with Crippen LogP contribution in [-0.2, 0) is 9.59 Å². The van der Waals surface area contributed by atoms with Crippen molar-refractivity contribution in [2.24, 2.45) is 0 Å². The molecule has 2 atom stereocenters. The van der Waals surface area contributed by atoms with Crippen LogP contribution in [-0.4, -0.2) is 57.9 Å². The van der Waals surface area contributed by atoms with Gasteiger partial charge in [0, 0.05) is 36.4 Å². The Morgan fingerprint density at radius 1 is 1.24 bits per heavy atom. The second kappa shape index (κ2) is 9.45. The van der Waals surface area contributed by atoms with Gasteiger partial charge in [-0.1, -0.05) is 11.6 Å². The molecule has 2 N–H and O–H groups in total. The maximum absolute atomic E-state index is 15.3. The van der Waals surface area contributed by atoms with E-state index in [1.54, 1.807) is 29.4 Å². The first kappa shape index (κ1) is 23.9. The highest BCUT2D eigenvalue weighted by atomic mass is 35.5. The van der Waals surface area contributed by atoms with Gasteiger partial charge >= 0.3 is 0 Å². The lowest BCUT2D eigenvalue weighted by atomic mass is 9.92. The number of aromatic nitrogens is 7. The summed E-state index contributed by atoms with van der Waals surface area (Å²) in [5.41, 5.74) is 2.71. The molecule has 1 aromatic carbocycles. The summed E-state index contributed by atoms with van der Waals surface area (Å²) >= 11 is 6.11. The Hall–Kier alpha value is -4.45. The number of imidazole rings is 1. The number of fused-ring (bicyclic) bond motifs is 1. The first-order valence-corrected chi connectivity index (χ1v) is 12.3. The Balaban J connectivity index is 1.29. The summed E-state index contributed by atoms with van der Waals surface area (Å²) in [5.74, 6) is 0.0406. The molecule has 13 heteroatoms. The second-order valence-corrected chi connectivity index (χ2v) is 9.58. The zero-order valence-electron chi connectivity index (χ0n) is 20.1. The third-order valence-electron chi connectivity index (χ3n) is 6.79. The SMILES string of the molecule is CC(=O)Nc1cc(-c2cnc([C@@H]3CCC4CC(c5c(-n6cnnn6)ccc(Cl)c5F)=CC(=O)N43)[nH]2)ccn1. The fourth-order valence-electron chi connectivity index (χ4n) is 5.20. The van der Waals surface area contributed by atoms with Crippen LogP contribution < -0.4 is 5.32 Å². The van der Waals surface area contributed by atoms with Gasteiger partial charge in [-0.3, -0.25) is 9.59 Å². The average Bonchev–Trinajstić information content (AvgIpc) is 3.66. The molecule has 3 aromatic heterocycles. The first-order chi connectivity index (χ1) is 18.4. The summed E-state index contributed by atoms with van der Waals surface area (Å²) in [6, 6.07) is 6.25. The van der Waals surface area contributed by atoms with Gasteiger partial charge < -0.3 is 15.2 Å². The Kier molecular flexibility index (Phi) is 5.95. The molecule has 0 bridgehead atoms. The molecule has 2 aliphatic rings. The summed E-state index contributed by atoms with van der Waals surface area (Å²) in [4.78, 5) is 38.6. The number of tetrazole rings is 1. The number of rotatable bonds is 5. The van der Waals surface area contributed by atoms with E-state index >= 15 is 4.39 Å². The molecule has 0 radical (unpaired) electrons. The fraction of sp³-hybridized carbons (Fsp3) is 0.240. The van der Waals surface area contributed by atoms with Gasteiger partial charge in [0.05, 0.1) is 28.6 Å². The predicted octanol–water partition coefficient (Wildman–Crippen LogP) is 3.72. The number of carbonyl (C=O) groups is 2. The number of aromatic amines is 1. The van der Waals surface area contributed by atoms with Crippen molar-refractivity contribution in [2.45, 2.75) is 38.3 Å². The summed E-state index contributed by atoms with van der Waals surface area (Å²) in [5, 5.41) is 13.8. The largest absolute Gasteiger partial charge is 0.340 e. The standard InChI is InChI=1S/C25H21ClFN9O2/c1-13(37)31-21-9-14(6-7-28-21)18-11-29-25(32-18)20-4-2-16-8-15(10-22(38)36(16)20)23-19(35-12-30-33-34-35)5-3-17(26)24(23)27/h3,5-7,9-12,16,20H,2,4,8H2,1H3,(H,29,32)(H,28,31,37)/t16?,20-/m0/s1. The molecule has 4 aromatic rings. The maximum atomic E-state index is 15.3. The molecule has 2 amide bonds. The summed E-state index contributed by atoms with van der Waals surface area (Å²) < 4.78 is 16.6. The van der Waals surface area contributed by atoms with Gasteiger partial charge in [0.25, 0.3) is 0 Å². The molecule has 38 heavy (non-hydrogen) atoms. The summed E-state index contributed by atoms with van der Waals surface area (Å²) in [6.45, 7) is 1.42. The van der Waals surface area contributed by atoms with E-state index in [2.05, 4.69) is 35.8 Å². The monoisotopic (exact) mass is 533 g/mol. The van der Waals surface area contributed by atoms with Gasteiger partial charge in [-0.05, 0) is 59.5 Å². The molecule has 0 spiro atoms. The third-order valence-corrected chi connectivity index (χ3v) is 7.08. The minimum Gasteiger partial charge on any atom is -0.340 e. The normalized spacial score (nSPS) is 18.9. The number of benzene rings is 1. The molecule has 192 valence electrons. The molecule has 1 unspecified atom stereocenters. The predicted molar refractivity (Wildman–Crippen MR) is 135 cm³/mol. The number of hydrogen-bond acceptors (Lipinski definition) is 7. The van der Waals surface area contributed by atoms with Crippen LogP contribution in [0.4, 0.5) is 10.2 Å². The number of H-pyrrole nitrogens is 1. The number of carbonyl (C=O) groups excluding carboxylic acids is 2. The molecule has 1 fully saturated rings. The Labute approximate surface area is 220 Å². The van der Waals surface area contributed by atoms with Crippen LogP contribution in [0.5, 0.6) is 0 Å². The number of amides is 2. The second-order valence-electron chi connectivity index (χ2n) is 9.17. The number of hydrogen-bond donors (Lipinski definition) is 2. The van der Waals surface area contributed by atoms with Gasteiger partial charge in [-0.25, -0.2) is 14.4 Å². The van der Waals surface area contributed by atoms with Crippen LogP contribution in [0.1, 0.15) is 43.6 Å². The van der Waals surface area contributed by atoms with Gasteiger partial charge in [0.1, 0.15) is 18.0 Å². The summed E-state index contributed by atoms with van der Waals surface area (Å²) in [6.07, 6.45) is 8.02. The summed E-state index contributed by atoms with van der Waals surface area (Å²) in [7, 11) is 0. The highest BCUT2D eigenvalue weighted by Crippen LogP contribution is 2.44. The van der Waals surface area contributed by atoms with E-state index in [1.165, 1.54) is 30.1 Å². The molecule has 5 heterocycles. The Bertz CT molecular complexity index is 1580. The van der Waals surface area contributed by atoms with Gasteiger partial charge in [-0.2, -0.15) is 4.68 Å². The first-order valence-electron chi connectivity index (χ1n) is 11.9. The van der Waals surface area contributed by atoms with Crippen molar-refractivity contribution in [1.82, 2.24) is 40.1 Å². The number of nitrogens with zero attached hydrogens (tertiary/aromatic N) is 7. The number of halogens is 2. The van der Waals surface area contributed by atoms with E-state index in [4.69, 9.17) is 11.6 Å². The van der Waals surface area contributed by atoms with Crippen molar-refractivity contribution in [3.63, 3.8) is 0 Å². The van der Waals surface area contributed by atoms with Crippen LogP contribution >= 0.6 is 11.6 Å². The molecule has 11 nitrogen and oxygen atoms in total. The van der Waals surface area contributed by atoms with E-state index < -0.39 is 5.82 Å². The maximum Gasteiger partial charge on any atom is 0.247 e. The molecular weight excluding hydrogens is 513 g/mol. The van der Waals surface area contributed by atoms with Crippen molar-refractivity contribution in [2.75, 3.05) is 5.32 Å². The van der Waals surface area contributed by atoms with E-state index in [0.717, 1.165) is 17.7 Å². The molecule has 6 rings (SSSR count). The minimum atomic E-state index is -0.617. The van der Waals surface area contributed by atoms with Crippen LogP contribution in [0, 0.1) is 5.82 Å². The van der Waals surface area contributed by atoms with Crippen molar-refractivity contribution >= 4 is 34.8 Å². The quantitative estimate of drug-likeness (QED) is 0.399. The van der Waals surface area contributed by atoms with Crippen molar-refractivity contribution in [1.29, 1.82) is 0 Å². The molecule has 0 saturated carbocycles. The molecule has 1 saturated heterocycles. The van der Waals surface area contributed by atoms with E-state index in [1.807, 2.05) is 6.07 Å². The van der Waals surface area contributed by atoms with Crippen molar-refractivity contribution < 1.29 is 14.0 Å². The van der Waals surface area contributed by atoms with E-state index in [9.17, 15) is 9.59 Å². The lowest BCUT2D eigenvalue weighted by Gasteiger charge is -2.33. The Morgan fingerprint density at radius 2 is 2.11 bits per heavy atom. The van der Waals surface area contributed by atoms with Gasteiger partial charge in [0.2, 0.25) is 11.8 Å². The van der Waals surface area contributed by atoms with Crippen molar-refractivity contribution in [3.8, 4) is 16.9 Å². The highest BCUT2D eigenvalue weighted by Gasteiger charge is 2.42. The van der Waals surface area contributed by atoms with Gasteiger partial charge in [-0.15, -0.1) is 5.10 Å². The van der Waals surface area contributed by atoms with Crippen molar-refractivity contribution in [3.05, 3.63) is 71.3 Å². The zero-order valence-corrected chi connectivity index (χ0v) is 20.9. The zero-order chi connectivity index (χ0) is 26.4. The number of pyridine rings is 1. The fourth-order valence-corrected chi connectivity index (χ4v) is 5.36. The van der Waals surface area contributed by atoms with Crippen LogP contribution in [0.3, 0.4) is 0 Å². The van der Waals surface area contributed by atoms with E-state index in [-0.39, 0.29) is 34.5 Å². The highest BCUT2D eigenvalue weighted by molar-refractivity contribution is 6.31. The third kappa shape index (κ3) is 4.22. The number of anilines is 1. The van der Waals surface area contributed by atoms with Crippen LogP contribution in [0.2, 0.25) is 5.02 Å². The molecule has 0 aliphatic carbocycles. The van der Waals surface area contributed by atoms with Crippen LogP contribution in [0.15, 0.2) is 49.1 Å². The van der Waals surface area contributed by atoms with Gasteiger partial charge in [0.15, 0.2) is 5.82 Å². The van der Waals surface area contributed by atoms with E-state index in [0.29, 0.717) is 35.7 Å². The lowest BCUT2D eigenvalue weighted by Crippen LogP contribution is -2.39. The molecular formula is C25H21ClFN9O2.